The lowest BCUT2D eigenvalue weighted by molar-refractivity contribution is -0.175. The molecule has 6 rings (SSSR count). The third-order valence-corrected chi connectivity index (χ3v) is 13.0. The molecule has 10 atom stereocenters. The van der Waals surface area contributed by atoms with Crippen molar-refractivity contribution in [3.8, 4) is 0 Å². The van der Waals surface area contributed by atoms with Crippen LogP contribution in [0.25, 0.3) is 0 Å². The number of hydrogen-bond donors (Lipinski definition) is 3. The van der Waals surface area contributed by atoms with E-state index in [4.69, 9.17) is 0 Å². The fourth-order valence-electron chi connectivity index (χ4n) is 10.7. The van der Waals surface area contributed by atoms with Crippen LogP contribution >= 0.6 is 0 Å². The van der Waals surface area contributed by atoms with Gasteiger partial charge < -0.3 is 15.3 Å². The molecule has 0 saturated heterocycles. The second kappa shape index (κ2) is 10.3. The molecule has 212 valence electrons. The van der Waals surface area contributed by atoms with Gasteiger partial charge in [-0.2, -0.15) is 0 Å². The highest BCUT2D eigenvalue weighted by Gasteiger charge is 2.63. The van der Waals surface area contributed by atoms with Crippen LogP contribution in [0.3, 0.4) is 0 Å². The first kappa shape index (κ1) is 27.5. The van der Waals surface area contributed by atoms with E-state index >= 15 is 0 Å². The Hall–Kier alpha value is -1.68. The molecule has 2 aromatic rings. The molecular formula is C36H50O3. The lowest BCUT2D eigenvalue weighted by Gasteiger charge is -2.62. The summed E-state index contributed by atoms with van der Waals surface area (Å²) < 4.78 is 0. The summed E-state index contributed by atoms with van der Waals surface area (Å²) in [6, 6.07) is 20.3. The number of rotatable bonds is 6. The van der Waals surface area contributed by atoms with Crippen molar-refractivity contribution in [2.24, 2.45) is 46.3 Å². The molecule has 0 bridgehead atoms. The molecule has 4 aliphatic rings. The van der Waals surface area contributed by atoms with E-state index in [1.54, 1.807) is 0 Å². The van der Waals surface area contributed by atoms with E-state index in [0.717, 1.165) is 43.2 Å². The molecule has 0 heterocycles. The topological polar surface area (TPSA) is 60.7 Å². The zero-order valence-corrected chi connectivity index (χ0v) is 24.3. The maximum Gasteiger partial charge on any atom is 0.115 e. The van der Waals surface area contributed by atoms with Crippen molar-refractivity contribution in [3.05, 3.63) is 71.8 Å². The van der Waals surface area contributed by atoms with E-state index in [9.17, 15) is 15.3 Å². The molecule has 4 saturated carbocycles. The predicted octanol–water partition coefficient (Wildman–Crippen LogP) is 7.33. The molecule has 0 aromatic heterocycles. The van der Waals surface area contributed by atoms with Gasteiger partial charge >= 0.3 is 0 Å². The Morgan fingerprint density at radius 1 is 0.821 bits per heavy atom. The molecule has 4 fully saturated rings. The maximum absolute atomic E-state index is 12.1. The average molecular weight is 531 g/mol. The average Bonchev–Trinajstić information content (AvgIpc) is 3.32. The quantitative estimate of drug-likeness (QED) is 0.366. The molecule has 3 N–H and O–H groups in total. The Morgan fingerprint density at radius 3 is 2.10 bits per heavy atom. The van der Waals surface area contributed by atoms with Crippen molar-refractivity contribution in [3.63, 3.8) is 0 Å². The minimum absolute atomic E-state index is 0.0461. The van der Waals surface area contributed by atoms with Crippen molar-refractivity contribution in [2.75, 3.05) is 0 Å². The van der Waals surface area contributed by atoms with Gasteiger partial charge in [0.15, 0.2) is 0 Å². The molecule has 2 aromatic carbocycles. The SMILES string of the molecule is CC(CCC(O)(c1ccccc1)c1ccccc1)C1CCC2C3CCC4CC(O)CCC4(C)C3CC(O)C12C. The van der Waals surface area contributed by atoms with E-state index in [1.807, 2.05) is 36.4 Å². The van der Waals surface area contributed by atoms with Gasteiger partial charge in [-0.15, -0.1) is 0 Å². The third kappa shape index (κ3) is 4.43. The van der Waals surface area contributed by atoms with E-state index < -0.39 is 5.60 Å². The Morgan fingerprint density at radius 2 is 1.46 bits per heavy atom. The van der Waals surface area contributed by atoms with Gasteiger partial charge in [0.05, 0.1) is 12.2 Å². The van der Waals surface area contributed by atoms with E-state index in [-0.39, 0.29) is 23.0 Å². The summed E-state index contributed by atoms with van der Waals surface area (Å²) in [5.74, 6) is 3.41. The van der Waals surface area contributed by atoms with E-state index in [1.165, 1.54) is 25.7 Å². The van der Waals surface area contributed by atoms with E-state index in [0.29, 0.717) is 41.9 Å². The molecule has 3 heteroatoms. The highest BCUT2D eigenvalue weighted by Crippen LogP contribution is 2.68. The first-order valence-electron chi connectivity index (χ1n) is 15.9. The molecule has 10 unspecified atom stereocenters. The summed E-state index contributed by atoms with van der Waals surface area (Å²) in [5.41, 5.74) is 1.14. The number of benzene rings is 2. The highest BCUT2D eigenvalue weighted by molar-refractivity contribution is 5.35. The van der Waals surface area contributed by atoms with Crippen LogP contribution < -0.4 is 0 Å². The Kier molecular flexibility index (Phi) is 7.26. The predicted molar refractivity (Wildman–Crippen MR) is 157 cm³/mol. The maximum atomic E-state index is 12.1. The zero-order valence-electron chi connectivity index (χ0n) is 24.3. The molecule has 0 spiro atoms. The van der Waals surface area contributed by atoms with Crippen LogP contribution in [-0.4, -0.2) is 27.5 Å². The van der Waals surface area contributed by atoms with Crippen molar-refractivity contribution in [1.82, 2.24) is 0 Å². The van der Waals surface area contributed by atoms with Crippen molar-refractivity contribution in [2.45, 2.75) is 103 Å². The van der Waals surface area contributed by atoms with Crippen LogP contribution in [0.15, 0.2) is 60.7 Å². The van der Waals surface area contributed by atoms with Crippen LogP contribution in [0.2, 0.25) is 0 Å². The lowest BCUT2D eigenvalue weighted by atomic mass is 9.43. The molecule has 39 heavy (non-hydrogen) atoms. The minimum Gasteiger partial charge on any atom is -0.393 e. The van der Waals surface area contributed by atoms with Gasteiger partial charge in [-0.05, 0) is 122 Å². The van der Waals surface area contributed by atoms with E-state index in [2.05, 4.69) is 45.0 Å². The molecule has 4 aliphatic carbocycles. The summed E-state index contributed by atoms with van der Waals surface area (Å²) >= 11 is 0. The van der Waals surface area contributed by atoms with Crippen LogP contribution in [0.5, 0.6) is 0 Å². The zero-order chi connectivity index (χ0) is 27.4. The second-order valence-corrected chi connectivity index (χ2v) is 14.5. The molecule has 0 radical (unpaired) electrons. The fourth-order valence-corrected chi connectivity index (χ4v) is 10.7. The molecular weight excluding hydrogens is 480 g/mol. The summed E-state index contributed by atoms with van der Waals surface area (Å²) in [5, 5.41) is 34.5. The molecule has 0 amide bonds. The van der Waals surface area contributed by atoms with Crippen molar-refractivity contribution < 1.29 is 15.3 Å². The van der Waals surface area contributed by atoms with Gasteiger partial charge in [-0.1, -0.05) is 81.4 Å². The van der Waals surface area contributed by atoms with Gasteiger partial charge in [0.2, 0.25) is 0 Å². The normalized spacial score (nSPS) is 40.8. The summed E-state index contributed by atoms with van der Waals surface area (Å²) in [7, 11) is 0. The van der Waals surface area contributed by atoms with Gasteiger partial charge in [-0.25, -0.2) is 0 Å². The Labute approximate surface area is 236 Å². The molecule has 0 aliphatic heterocycles. The summed E-state index contributed by atoms with van der Waals surface area (Å²) in [4.78, 5) is 0. The first-order chi connectivity index (χ1) is 18.7. The standard InChI is InChI=1S/C36H50O3/c1-24(18-21-36(39,25-10-6-4-7-11-25)26-12-8-5-9-13-26)30-16-17-31-29-15-14-27-22-28(37)19-20-34(27,2)32(29)23-33(38)35(30,31)3/h4-13,24,27-33,37-39H,14-23H2,1-3H3. The third-order valence-electron chi connectivity index (χ3n) is 13.0. The van der Waals surface area contributed by atoms with Crippen LogP contribution in [0.1, 0.15) is 96.1 Å². The van der Waals surface area contributed by atoms with Crippen molar-refractivity contribution in [1.29, 1.82) is 0 Å². The number of fused-ring (bicyclic) bond motifs is 5. The van der Waals surface area contributed by atoms with Crippen LogP contribution in [0.4, 0.5) is 0 Å². The number of aliphatic hydroxyl groups excluding tert-OH is 2. The van der Waals surface area contributed by atoms with Gasteiger partial charge in [-0.3, -0.25) is 0 Å². The highest BCUT2D eigenvalue weighted by atomic mass is 16.3. The van der Waals surface area contributed by atoms with Gasteiger partial charge in [0, 0.05) is 0 Å². The van der Waals surface area contributed by atoms with Crippen LogP contribution in [0, 0.1) is 46.3 Å². The second-order valence-electron chi connectivity index (χ2n) is 14.5. The summed E-state index contributed by atoms with van der Waals surface area (Å²) in [6.45, 7) is 7.30. The minimum atomic E-state index is -1.01. The van der Waals surface area contributed by atoms with Gasteiger partial charge in [0.1, 0.15) is 5.60 Å². The molecule has 3 nitrogen and oxygen atoms in total. The monoisotopic (exact) mass is 530 g/mol. The summed E-state index contributed by atoms with van der Waals surface area (Å²) in [6.07, 6.45) is 10.1. The Balaban J connectivity index is 1.22. The first-order valence-corrected chi connectivity index (χ1v) is 15.9. The lowest BCUT2D eigenvalue weighted by Crippen LogP contribution is -2.58. The largest absolute Gasteiger partial charge is 0.393 e. The number of aliphatic hydroxyl groups is 3. The fraction of sp³-hybridized carbons (Fsp3) is 0.667. The van der Waals surface area contributed by atoms with Gasteiger partial charge in [0.25, 0.3) is 0 Å². The van der Waals surface area contributed by atoms with Crippen LogP contribution in [-0.2, 0) is 5.60 Å². The van der Waals surface area contributed by atoms with Crippen molar-refractivity contribution >= 4 is 0 Å². The smallest absolute Gasteiger partial charge is 0.115 e. The Bertz CT molecular complexity index is 1080. The number of hydrogen-bond acceptors (Lipinski definition) is 3.